The topological polar surface area (TPSA) is 78.1 Å². The highest BCUT2D eigenvalue weighted by molar-refractivity contribution is 8.00. The number of amides is 1. The van der Waals surface area contributed by atoms with Gasteiger partial charge < -0.3 is 15.2 Å². The molecule has 0 aromatic carbocycles. The van der Waals surface area contributed by atoms with Gasteiger partial charge in [0.15, 0.2) is 5.82 Å². The fourth-order valence-corrected chi connectivity index (χ4v) is 3.64. The molecule has 1 aliphatic rings. The summed E-state index contributed by atoms with van der Waals surface area (Å²) in [6.45, 7) is 7.58. The number of H-pyrrole nitrogens is 1. The van der Waals surface area contributed by atoms with Crippen molar-refractivity contribution in [1.82, 2.24) is 15.3 Å². The molecule has 0 saturated carbocycles. The number of rotatable bonds is 6. The Bertz CT molecular complexity index is 560. The van der Waals surface area contributed by atoms with Crippen molar-refractivity contribution in [2.45, 2.75) is 38.5 Å². The molecule has 1 amide bonds. The van der Waals surface area contributed by atoms with Gasteiger partial charge in [0.05, 0.1) is 5.25 Å². The number of thioether (sulfide) groups is 1. The van der Waals surface area contributed by atoms with Gasteiger partial charge in [0.1, 0.15) is 0 Å². The lowest BCUT2D eigenvalue weighted by Gasteiger charge is -2.22. The average Bonchev–Trinajstić information content (AvgIpc) is 2.93. The molecule has 2 atom stereocenters. The quantitative estimate of drug-likeness (QED) is 0.823. The Morgan fingerprint density at radius 2 is 2.36 bits per heavy atom. The third-order valence-electron chi connectivity index (χ3n) is 3.73. The van der Waals surface area contributed by atoms with Crippen LogP contribution in [-0.4, -0.2) is 46.0 Å². The van der Waals surface area contributed by atoms with Crippen molar-refractivity contribution in [1.29, 1.82) is 0 Å². The number of aromatic amines is 1. The van der Waals surface area contributed by atoms with E-state index in [1.807, 2.05) is 4.90 Å². The van der Waals surface area contributed by atoms with E-state index in [4.69, 9.17) is 0 Å². The molecule has 6 nitrogen and oxygen atoms in total. The van der Waals surface area contributed by atoms with Crippen LogP contribution in [0.25, 0.3) is 0 Å². The van der Waals surface area contributed by atoms with E-state index in [9.17, 15) is 9.59 Å². The van der Waals surface area contributed by atoms with Crippen LogP contribution in [0.5, 0.6) is 0 Å². The summed E-state index contributed by atoms with van der Waals surface area (Å²) in [4.78, 5) is 32.9. The molecular formula is C15H24N4O2S. The zero-order valence-corrected chi connectivity index (χ0v) is 14.2. The first-order valence-electron chi connectivity index (χ1n) is 7.73. The number of hydrogen-bond acceptors (Lipinski definition) is 5. The summed E-state index contributed by atoms with van der Waals surface area (Å²) >= 11 is 1.68. The zero-order chi connectivity index (χ0) is 16.1. The molecule has 2 N–H and O–H groups in total. The van der Waals surface area contributed by atoms with Gasteiger partial charge in [-0.05, 0) is 18.1 Å². The SMILES string of the molecule is CCSC(C(=O)NC1CCN(c2ncc[nH]c2=O)C1)C(C)C. The second kappa shape index (κ2) is 7.67. The molecule has 7 heteroatoms. The second-order valence-electron chi connectivity index (χ2n) is 5.80. The van der Waals surface area contributed by atoms with Crippen molar-refractivity contribution in [3.05, 3.63) is 22.7 Å². The van der Waals surface area contributed by atoms with Crippen LogP contribution in [0.2, 0.25) is 0 Å². The van der Waals surface area contributed by atoms with E-state index in [0.29, 0.717) is 18.3 Å². The summed E-state index contributed by atoms with van der Waals surface area (Å²) in [6, 6.07) is 0.0765. The van der Waals surface area contributed by atoms with Crippen molar-refractivity contribution in [3.63, 3.8) is 0 Å². The molecule has 0 bridgehead atoms. The van der Waals surface area contributed by atoms with Crippen LogP contribution >= 0.6 is 11.8 Å². The van der Waals surface area contributed by atoms with Crippen molar-refractivity contribution in [2.75, 3.05) is 23.7 Å². The molecule has 1 aromatic rings. The Kier molecular flexibility index (Phi) is 5.88. The molecule has 22 heavy (non-hydrogen) atoms. The second-order valence-corrected chi connectivity index (χ2v) is 7.22. The summed E-state index contributed by atoms with van der Waals surface area (Å²) in [5, 5.41) is 3.11. The van der Waals surface area contributed by atoms with Crippen LogP contribution < -0.4 is 15.8 Å². The van der Waals surface area contributed by atoms with Crippen LogP contribution in [0.3, 0.4) is 0 Å². The molecule has 1 aliphatic heterocycles. The van der Waals surface area contributed by atoms with Gasteiger partial charge in [-0.2, -0.15) is 0 Å². The van der Waals surface area contributed by atoms with Crippen molar-refractivity contribution >= 4 is 23.5 Å². The number of nitrogens with one attached hydrogen (secondary N) is 2. The molecule has 1 aromatic heterocycles. The third kappa shape index (κ3) is 4.03. The maximum absolute atomic E-state index is 12.4. The minimum atomic E-state index is -0.184. The van der Waals surface area contributed by atoms with Gasteiger partial charge in [-0.1, -0.05) is 20.8 Å². The highest BCUT2D eigenvalue weighted by Crippen LogP contribution is 2.21. The minimum absolute atomic E-state index is 0.0164. The first-order chi connectivity index (χ1) is 10.5. The van der Waals surface area contributed by atoms with Crippen LogP contribution in [0.1, 0.15) is 27.2 Å². The van der Waals surface area contributed by atoms with Gasteiger partial charge >= 0.3 is 0 Å². The maximum atomic E-state index is 12.4. The minimum Gasteiger partial charge on any atom is -0.351 e. The van der Waals surface area contributed by atoms with Gasteiger partial charge in [-0.15, -0.1) is 11.8 Å². The smallest absolute Gasteiger partial charge is 0.290 e. The number of anilines is 1. The molecule has 0 radical (unpaired) electrons. The largest absolute Gasteiger partial charge is 0.351 e. The predicted molar refractivity (Wildman–Crippen MR) is 90.4 cm³/mol. The normalized spacial score (nSPS) is 19.5. The first kappa shape index (κ1) is 16.9. The Labute approximate surface area is 135 Å². The Morgan fingerprint density at radius 1 is 1.59 bits per heavy atom. The van der Waals surface area contributed by atoms with E-state index in [0.717, 1.165) is 18.7 Å². The fraction of sp³-hybridized carbons (Fsp3) is 0.667. The van der Waals surface area contributed by atoms with E-state index >= 15 is 0 Å². The highest BCUT2D eigenvalue weighted by Gasteiger charge is 2.29. The predicted octanol–water partition coefficient (Wildman–Crippen LogP) is 1.24. The lowest BCUT2D eigenvalue weighted by molar-refractivity contribution is -0.121. The molecule has 1 fully saturated rings. The van der Waals surface area contributed by atoms with E-state index in [1.165, 1.54) is 6.20 Å². The summed E-state index contributed by atoms with van der Waals surface area (Å²) in [7, 11) is 0. The van der Waals surface area contributed by atoms with Gasteiger partial charge in [0.25, 0.3) is 5.56 Å². The molecule has 0 spiro atoms. The van der Waals surface area contributed by atoms with E-state index in [2.05, 4.69) is 36.1 Å². The number of hydrogen-bond donors (Lipinski definition) is 2. The average molecular weight is 324 g/mol. The number of carbonyl (C=O) groups excluding carboxylic acids is 1. The van der Waals surface area contributed by atoms with Crippen LogP contribution in [0, 0.1) is 5.92 Å². The summed E-state index contributed by atoms with van der Waals surface area (Å²) in [6.07, 6.45) is 3.94. The molecule has 2 heterocycles. The molecular weight excluding hydrogens is 300 g/mol. The van der Waals surface area contributed by atoms with Crippen molar-refractivity contribution in [3.8, 4) is 0 Å². The van der Waals surface area contributed by atoms with Gasteiger partial charge in [-0.25, -0.2) is 4.98 Å². The van der Waals surface area contributed by atoms with Gasteiger partial charge in [-0.3, -0.25) is 9.59 Å². The Morgan fingerprint density at radius 3 is 3.00 bits per heavy atom. The monoisotopic (exact) mass is 324 g/mol. The standard InChI is InChI=1S/C15H24N4O2S/c1-4-22-12(10(2)3)14(20)18-11-5-8-19(9-11)13-15(21)17-7-6-16-13/h6-7,10-12H,4-5,8-9H2,1-3H3,(H,17,21)(H,18,20). The van der Waals surface area contributed by atoms with Crippen LogP contribution in [0.4, 0.5) is 5.82 Å². The number of nitrogens with zero attached hydrogens (tertiary/aromatic N) is 2. The van der Waals surface area contributed by atoms with Crippen LogP contribution in [-0.2, 0) is 4.79 Å². The molecule has 2 unspecified atom stereocenters. The van der Waals surface area contributed by atoms with E-state index in [1.54, 1.807) is 18.0 Å². The fourth-order valence-electron chi connectivity index (χ4n) is 2.67. The van der Waals surface area contributed by atoms with Crippen molar-refractivity contribution in [2.24, 2.45) is 5.92 Å². The van der Waals surface area contributed by atoms with Gasteiger partial charge in [0.2, 0.25) is 5.91 Å². The van der Waals surface area contributed by atoms with E-state index in [-0.39, 0.29) is 22.8 Å². The maximum Gasteiger partial charge on any atom is 0.290 e. The lowest BCUT2D eigenvalue weighted by atomic mass is 10.1. The molecule has 2 rings (SSSR count). The molecule has 0 aliphatic carbocycles. The number of aromatic nitrogens is 2. The molecule has 122 valence electrons. The highest BCUT2D eigenvalue weighted by atomic mass is 32.2. The van der Waals surface area contributed by atoms with Gasteiger partial charge in [0, 0.05) is 31.5 Å². The number of carbonyl (C=O) groups is 1. The van der Waals surface area contributed by atoms with Crippen molar-refractivity contribution < 1.29 is 4.79 Å². The van der Waals surface area contributed by atoms with E-state index < -0.39 is 0 Å². The summed E-state index contributed by atoms with van der Waals surface area (Å²) in [5.74, 6) is 1.77. The summed E-state index contributed by atoms with van der Waals surface area (Å²) < 4.78 is 0. The molecule has 1 saturated heterocycles. The first-order valence-corrected chi connectivity index (χ1v) is 8.78. The lowest BCUT2D eigenvalue weighted by Crippen LogP contribution is -2.43. The third-order valence-corrected chi connectivity index (χ3v) is 5.18. The summed E-state index contributed by atoms with van der Waals surface area (Å²) in [5.41, 5.74) is -0.184. The van der Waals surface area contributed by atoms with Crippen LogP contribution in [0.15, 0.2) is 17.2 Å². The zero-order valence-electron chi connectivity index (χ0n) is 13.3. The Balaban J connectivity index is 1.95. The Hall–Kier alpha value is -1.50.